The fourth-order valence-electron chi connectivity index (χ4n) is 5.01. The van der Waals surface area contributed by atoms with Crippen molar-refractivity contribution in [1.82, 2.24) is 0 Å². The molecule has 94 valence electrons. The van der Waals surface area contributed by atoms with E-state index in [9.17, 15) is 0 Å². The predicted octanol–water partition coefficient (Wildman–Crippen LogP) is 5.42. The average Bonchev–Trinajstić information content (AvgIpc) is 2.14. The Labute approximate surface area is 102 Å². The molecule has 0 saturated heterocycles. The van der Waals surface area contributed by atoms with E-state index in [1.54, 1.807) is 0 Å². The van der Waals surface area contributed by atoms with E-state index in [2.05, 4.69) is 34.6 Å². The molecule has 0 aromatic heterocycles. The first kappa shape index (κ1) is 12.5. The maximum Gasteiger partial charge on any atom is -0.0287 e. The maximum atomic E-state index is 2.51. The van der Waals surface area contributed by atoms with Gasteiger partial charge in [-0.3, -0.25) is 0 Å². The van der Waals surface area contributed by atoms with Crippen LogP contribution in [0.5, 0.6) is 0 Å². The van der Waals surface area contributed by atoms with Gasteiger partial charge in [0, 0.05) is 0 Å². The van der Waals surface area contributed by atoms with E-state index in [4.69, 9.17) is 0 Å². The molecule has 2 fully saturated rings. The third kappa shape index (κ3) is 2.05. The summed E-state index contributed by atoms with van der Waals surface area (Å²) in [4.78, 5) is 0. The summed E-state index contributed by atoms with van der Waals surface area (Å²) in [6, 6.07) is 0. The Kier molecular flexibility index (Phi) is 2.92. The number of rotatable bonds is 0. The molecular weight excluding hydrogens is 192 g/mol. The zero-order valence-electron chi connectivity index (χ0n) is 12.0. The largest absolute Gasteiger partial charge is 0.0615 e. The molecule has 2 aliphatic carbocycles. The molecule has 2 rings (SSSR count). The highest BCUT2D eigenvalue weighted by Crippen LogP contribution is 2.61. The van der Waals surface area contributed by atoms with Gasteiger partial charge in [-0.05, 0) is 47.8 Å². The minimum atomic E-state index is 0.541. The highest BCUT2D eigenvalue weighted by molar-refractivity contribution is 5.01. The molecule has 0 heterocycles. The monoisotopic (exact) mass is 222 g/mol. The lowest BCUT2D eigenvalue weighted by molar-refractivity contribution is -0.0743. The second kappa shape index (κ2) is 3.75. The average molecular weight is 222 g/mol. The normalized spacial score (nSPS) is 32.8. The second-order valence-electron chi connectivity index (χ2n) is 8.11. The van der Waals surface area contributed by atoms with Crippen molar-refractivity contribution in [3.63, 3.8) is 0 Å². The third-order valence-electron chi connectivity index (χ3n) is 5.92. The van der Waals surface area contributed by atoms with Gasteiger partial charge >= 0.3 is 0 Å². The van der Waals surface area contributed by atoms with Crippen LogP contribution in [0.2, 0.25) is 0 Å². The van der Waals surface area contributed by atoms with Crippen LogP contribution in [0.4, 0.5) is 0 Å². The molecule has 0 atom stereocenters. The molecule has 16 heavy (non-hydrogen) atoms. The van der Waals surface area contributed by atoms with Crippen LogP contribution in [0.25, 0.3) is 0 Å². The molecular formula is C16H30. The molecule has 0 unspecified atom stereocenters. The van der Waals surface area contributed by atoms with E-state index < -0.39 is 0 Å². The fourth-order valence-corrected chi connectivity index (χ4v) is 5.01. The Bertz CT molecular complexity index is 233. The highest BCUT2D eigenvalue weighted by Gasteiger charge is 2.51. The smallest absolute Gasteiger partial charge is 0.0287 e. The van der Waals surface area contributed by atoms with E-state index in [1.165, 1.54) is 44.9 Å². The highest BCUT2D eigenvalue weighted by atomic mass is 14.6. The predicted molar refractivity (Wildman–Crippen MR) is 71.5 cm³/mol. The van der Waals surface area contributed by atoms with Gasteiger partial charge in [-0.2, -0.15) is 0 Å². The van der Waals surface area contributed by atoms with Gasteiger partial charge in [-0.15, -0.1) is 0 Å². The van der Waals surface area contributed by atoms with Crippen LogP contribution >= 0.6 is 0 Å². The van der Waals surface area contributed by atoms with E-state index in [0.29, 0.717) is 16.2 Å². The van der Waals surface area contributed by atoms with Crippen LogP contribution in [0.15, 0.2) is 0 Å². The van der Waals surface area contributed by atoms with Crippen molar-refractivity contribution in [1.29, 1.82) is 0 Å². The van der Waals surface area contributed by atoms with Crippen molar-refractivity contribution >= 4 is 0 Å². The van der Waals surface area contributed by atoms with Gasteiger partial charge in [-0.1, -0.05) is 53.9 Å². The summed E-state index contributed by atoms with van der Waals surface area (Å²) in [7, 11) is 0. The minimum absolute atomic E-state index is 0.541. The number of hydrogen-bond acceptors (Lipinski definition) is 0. The van der Waals surface area contributed by atoms with Crippen molar-refractivity contribution in [3.8, 4) is 0 Å². The van der Waals surface area contributed by atoms with E-state index >= 15 is 0 Å². The molecule has 0 aliphatic heterocycles. The van der Waals surface area contributed by atoms with Crippen LogP contribution in [0, 0.1) is 22.2 Å². The second-order valence-corrected chi connectivity index (χ2v) is 8.11. The Balaban J connectivity index is 2.24. The van der Waals surface area contributed by atoms with E-state index in [0.717, 1.165) is 5.92 Å². The molecule has 0 aromatic rings. The van der Waals surface area contributed by atoms with Gasteiger partial charge in [0.1, 0.15) is 0 Å². The van der Waals surface area contributed by atoms with Crippen molar-refractivity contribution in [2.45, 2.75) is 79.6 Å². The van der Waals surface area contributed by atoms with Crippen molar-refractivity contribution in [2.24, 2.45) is 22.2 Å². The molecule has 1 spiro atoms. The Morgan fingerprint density at radius 1 is 0.750 bits per heavy atom. The summed E-state index contributed by atoms with van der Waals surface area (Å²) in [5, 5.41) is 0. The van der Waals surface area contributed by atoms with Gasteiger partial charge in [-0.25, -0.2) is 0 Å². The van der Waals surface area contributed by atoms with Gasteiger partial charge in [0.15, 0.2) is 0 Å². The summed E-state index contributed by atoms with van der Waals surface area (Å²) < 4.78 is 0. The van der Waals surface area contributed by atoms with Gasteiger partial charge in [0.05, 0.1) is 0 Å². The molecule has 0 amide bonds. The van der Waals surface area contributed by atoms with Crippen molar-refractivity contribution in [3.05, 3.63) is 0 Å². The van der Waals surface area contributed by atoms with E-state index in [1.807, 2.05) is 0 Å². The molecule has 0 radical (unpaired) electrons. The lowest BCUT2D eigenvalue weighted by Crippen LogP contribution is -2.48. The molecule has 2 aliphatic rings. The van der Waals surface area contributed by atoms with Crippen LogP contribution in [-0.4, -0.2) is 0 Å². The quantitative estimate of drug-likeness (QED) is 0.513. The molecule has 0 heteroatoms. The first-order chi connectivity index (χ1) is 7.28. The summed E-state index contributed by atoms with van der Waals surface area (Å²) in [6.07, 6.45) is 10.4. The van der Waals surface area contributed by atoms with Gasteiger partial charge in [0.2, 0.25) is 0 Å². The van der Waals surface area contributed by atoms with Gasteiger partial charge in [0.25, 0.3) is 0 Å². The first-order valence-electron chi connectivity index (χ1n) is 7.28. The molecule has 0 bridgehead atoms. The zero-order chi connectivity index (χ0) is 12.0. The zero-order valence-corrected chi connectivity index (χ0v) is 12.0. The van der Waals surface area contributed by atoms with Crippen molar-refractivity contribution < 1.29 is 0 Å². The Hall–Kier alpha value is 0. The van der Waals surface area contributed by atoms with E-state index in [-0.39, 0.29) is 0 Å². The SMILES string of the molecule is CC1C(C)(C)CC2(CCCCC2)CC1(C)C. The lowest BCUT2D eigenvalue weighted by atomic mass is 9.47. The maximum absolute atomic E-state index is 2.51. The van der Waals surface area contributed by atoms with Crippen LogP contribution in [-0.2, 0) is 0 Å². The number of hydrogen-bond donors (Lipinski definition) is 0. The molecule has 0 N–H and O–H groups in total. The van der Waals surface area contributed by atoms with Gasteiger partial charge < -0.3 is 0 Å². The Morgan fingerprint density at radius 2 is 1.19 bits per heavy atom. The third-order valence-corrected chi connectivity index (χ3v) is 5.92. The summed E-state index contributed by atoms with van der Waals surface area (Å²) >= 11 is 0. The van der Waals surface area contributed by atoms with Crippen LogP contribution in [0.1, 0.15) is 79.6 Å². The standard InChI is InChI=1S/C16H30/c1-13-14(2,3)11-16(12-15(13,4)5)9-7-6-8-10-16/h13H,6-12H2,1-5H3. The summed E-state index contributed by atoms with van der Waals surface area (Å²) in [5.74, 6) is 0.854. The Morgan fingerprint density at radius 3 is 1.62 bits per heavy atom. The fraction of sp³-hybridized carbons (Fsp3) is 1.00. The molecule has 2 saturated carbocycles. The van der Waals surface area contributed by atoms with Crippen molar-refractivity contribution in [2.75, 3.05) is 0 Å². The topological polar surface area (TPSA) is 0 Å². The minimum Gasteiger partial charge on any atom is -0.0615 e. The van der Waals surface area contributed by atoms with Crippen LogP contribution < -0.4 is 0 Å². The first-order valence-corrected chi connectivity index (χ1v) is 7.28. The lowest BCUT2D eigenvalue weighted by Gasteiger charge is -2.58. The molecule has 0 aromatic carbocycles. The summed E-state index contributed by atoms with van der Waals surface area (Å²) in [6.45, 7) is 12.5. The molecule has 0 nitrogen and oxygen atoms in total. The van der Waals surface area contributed by atoms with Crippen LogP contribution in [0.3, 0.4) is 0 Å². The summed E-state index contributed by atoms with van der Waals surface area (Å²) in [5.41, 5.74) is 1.79.